The number of amides is 2. The predicted octanol–water partition coefficient (Wildman–Crippen LogP) is 3.82. The zero-order chi connectivity index (χ0) is 23.1. The van der Waals surface area contributed by atoms with Crippen molar-refractivity contribution < 1.29 is 18.8 Å². The van der Waals surface area contributed by atoms with Gasteiger partial charge in [0.05, 0.1) is 5.56 Å². The lowest BCUT2D eigenvalue weighted by Gasteiger charge is -2.36. The number of hydrogen-bond donors (Lipinski definition) is 2. The normalized spacial score (nSPS) is 15.2. The SMILES string of the molecule is O=C(NC1(C(=O)NCCCCC(=O)c2nc3ccccc3o2)CCCCC1)c1cccnc1. The summed E-state index contributed by atoms with van der Waals surface area (Å²) >= 11 is 0. The van der Waals surface area contributed by atoms with E-state index < -0.39 is 5.54 Å². The van der Waals surface area contributed by atoms with Crippen molar-refractivity contribution in [3.05, 3.63) is 60.2 Å². The maximum absolute atomic E-state index is 13.1. The summed E-state index contributed by atoms with van der Waals surface area (Å²) in [5.41, 5.74) is 0.797. The molecule has 4 rings (SSSR count). The molecule has 2 N–H and O–H groups in total. The number of carbonyl (C=O) groups excluding carboxylic acids is 3. The number of benzene rings is 1. The Morgan fingerprint density at radius 1 is 1.00 bits per heavy atom. The number of nitrogens with zero attached hydrogens (tertiary/aromatic N) is 2. The zero-order valence-electron chi connectivity index (χ0n) is 18.5. The van der Waals surface area contributed by atoms with Gasteiger partial charge in [0.1, 0.15) is 11.1 Å². The van der Waals surface area contributed by atoms with Gasteiger partial charge in [0.2, 0.25) is 11.7 Å². The monoisotopic (exact) mass is 448 g/mol. The van der Waals surface area contributed by atoms with E-state index in [9.17, 15) is 14.4 Å². The van der Waals surface area contributed by atoms with Gasteiger partial charge in [-0.05, 0) is 49.9 Å². The fraction of sp³-hybridized carbons (Fsp3) is 0.400. The number of rotatable bonds is 9. The van der Waals surface area contributed by atoms with Crippen LogP contribution in [0.1, 0.15) is 72.4 Å². The first-order valence-corrected chi connectivity index (χ1v) is 11.5. The van der Waals surface area contributed by atoms with Gasteiger partial charge in [0.25, 0.3) is 11.8 Å². The number of carbonyl (C=O) groups is 3. The first-order valence-electron chi connectivity index (χ1n) is 11.5. The van der Waals surface area contributed by atoms with Gasteiger partial charge in [-0.25, -0.2) is 4.98 Å². The molecule has 1 fully saturated rings. The molecule has 0 bridgehead atoms. The summed E-state index contributed by atoms with van der Waals surface area (Å²) in [4.78, 5) is 46.3. The van der Waals surface area contributed by atoms with Gasteiger partial charge < -0.3 is 15.1 Å². The van der Waals surface area contributed by atoms with E-state index in [0.717, 1.165) is 19.3 Å². The van der Waals surface area contributed by atoms with Crippen LogP contribution in [-0.4, -0.2) is 39.6 Å². The standard InChI is InChI=1S/C25H28N4O4/c30-20(23-28-19-10-2-3-12-21(19)33-23)11-4-7-16-27-24(32)25(13-5-1-6-14-25)29-22(31)18-9-8-15-26-17-18/h2-3,8-10,12,15,17H,1,4-7,11,13-14,16H2,(H,27,32)(H,29,31). The molecule has 0 radical (unpaired) electrons. The molecule has 2 heterocycles. The van der Waals surface area contributed by atoms with Crippen molar-refractivity contribution >= 4 is 28.7 Å². The van der Waals surface area contributed by atoms with E-state index in [0.29, 0.717) is 55.3 Å². The molecule has 1 aliphatic rings. The van der Waals surface area contributed by atoms with Gasteiger partial charge in [0.15, 0.2) is 5.58 Å². The first-order chi connectivity index (χ1) is 16.1. The highest BCUT2D eigenvalue weighted by Gasteiger charge is 2.40. The molecule has 8 heteroatoms. The molecular weight excluding hydrogens is 420 g/mol. The van der Waals surface area contributed by atoms with Crippen molar-refractivity contribution in [3.63, 3.8) is 0 Å². The fourth-order valence-corrected chi connectivity index (χ4v) is 4.23. The molecule has 2 amide bonds. The van der Waals surface area contributed by atoms with Crippen LogP contribution >= 0.6 is 0 Å². The lowest BCUT2D eigenvalue weighted by Crippen LogP contribution is -2.59. The fourth-order valence-electron chi connectivity index (χ4n) is 4.23. The molecule has 172 valence electrons. The number of unbranched alkanes of at least 4 members (excludes halogenated alkanes) is 1. The molecule has 0 aliphatic heterocycles. The van der Waals surface area contributed by atoms with E-state index in [4.69, 9.17) is 4.42 Å². The highest BCUT2D eigenvalue weighted by Crippen LogP contribution is 2.29. The lowest BCUT2D eigenvalue weighted by molar-refractivity contribution is -0.128. The molecule has 1 saturated carbocycles. The Hall–Kier alpha value is -3.55. The Labute approximate surface area is 192 Å². The van der Waals surface area contributed by atoms with E-state index in [2.05, 4.69) is 20.6 Å². The largest absolute Gasteiger partial charge is 0.434 e. The molecule has 3 aromatic rings. The highest BCUT2D eigenvalue weighted by molar-refractivity contribution is 5.99. The molecule has 0 spiro atoms. The van der Waals surface area contributed by atoms with Crippen LogP contribution in [0.15, 0.2) is 53.2 Å². The summed E-state index contributed by atoms with van der Waals surface area (Å²) in [5.74, 6) is -0.474. The second kappa shape index (κ2) is 10.4. The minimum Gasteiger partial charge on any atom is -0.434 e. The summed E-state index contributed by atoms with van der Waals surface area (Å²) in [6.07, 6.45) is 8.70. The van der Waals surface area contributed by atoms with Gasteiger partial charge in [-0.2, -0.15) is 0 Å². The van der Waals surface area contributed by atoms with Crippen LogP contribution in [0.4, 0.5) is 0 Å². The van der Waals surface area contributed by atoms with Gasteiger partial charge in [0, 0.05) is 25.4 Å². The van der Waals surface area contributed by atoms with Gasteiger partial charge in [-0.1, -0.05) is 31.4 Å². The van der Waals surface area contributed by atoms with E-state index >= 15 is 0 Å². The van der Waals surface area contributed by atoms with Crippen LogP contribution in [0.25, 0.3) is 11.1 Å². The van der Waals surface area contributed by atoms with Crippen molar-refractivity contribution in [2.45, 2.75) is 56.9 Å². The van der Waals surface area contributed by atoms with Crippen molar-refractivity contribution in [3.8, 4) is 0 Å². The number of pyridine rings is 1. The summed E-state index contributed by atoms with van der Waals surface area (Å²) in [7, 11) is 0. The molecule has 33 heavy (non-hydrogen) atoms. The molecule has 0 atom stereocenters. The van der Waals surface area contributed by atoms with Crippen LogP contribution in [0, 0.1) is 0 Å². The number of nitrogens with one attached hydrogen (secondary N) is 2. The number of fused-ring (bicyclic) bond motifs is 1. The van der Waals surface area contributed by atoms with Gasteiger partial charge in [-0.3, -0.25) is 19.4 Å². The van der Waals surface area contributed by atoms with E-state index in [1.54, 1.807) is 30.5 Å². The average Bonchev–Trinajstić information content (AvgIpc) is 3.29. The van der Waals surface area contributed by atoms with Crippen molar-refractivity contribution in [1.29, 1.82) is 0 Å². The van der Waals surface area contributed by atoms with Crippen LogP contribution in [0.3, 0.4) is 0 Å². The Morgan fingerprint density at radius 2 is 1.82 bits per heavy atom. The summed E-state index contributed by atoms with van der Waals surface area (Å²) in [5, 5.41) is 5.94. The predicted molar refractivity (Wildman–Crippen MR) is 123 cm³/mol. The minimum absolute atomic E-state index is 0.125. The van der Waals surface area contributed by atoms with E-state index in [-0.39, 0.29) is 23.5 Å². The third-order valence-corrected chi connectivity index (χ3v) is 6.07. The van der Waals surface area contributed by atoms with Crippen molar-refractivity contribution in [2.75, 3.05) is 6.54 Å². The van der Waals surface area contributed by atoms with E-state index in [1.165, 1.54) is 6.20 Å². The Morgan fingerprint density at radius 3 is 2.58 bits per heavy atom. The number of ketones is 1. The van der Waals surface area contributed by atoms with Crippen molar-refractivity contribution in [1.82, 2.24) is 20.6 Å². The number of aromatic nitrogens is 2. The first kappa shape index (κ1) is 22.6. The topological polar surface area (TPSA) is 114 Å². The van der Waals surface area contributed by atoms with Crippen LogP contribution < -0.4 is 10.6 Å². The van der Waals surface area contributed by atoms with Crippen LogP contribution in [0.2, 0.25) is 0 Å². The van der Waals surface area contributed by atoms with Gasteiger partial charge >= 0.3 is 0 Å². The smallest absolute Gasteiger partial charge is 0.264 e. The third-order valence-electron chi connectivity index (χ3n) is 6.07. The molecule has 2 aromatic heterocycles. The molecular formula is C25H28N4O4. The number of para-hydroxylation sites is 2. The number of hydrogen-bond acceptors (Lipinski definition) is 6. The second-order valence-electron chi connectivity index (χ2n) is 8.46. The number of Topliss-reactive ketones (excluding diaryl/α,β-unsaturated/α-hetero) is 1. The van der Waals surface area contributed by atoms with Crippen LogP contribution in [-0.2, 0) is 4.79 Å². The number of oxazole rings is 1. The highest BCUT2D eigenvalue weighted by atomic mass is 16.4. The Balaban J connectivity index is 1.27. The molecule has 0 saturated heterocycles. The summed E-state index contributed by atoms with van der Waals surface area (Å²) in [6.45, 7) is 0.435. The lowest BCUT2D eigenvalue weighted by atomic mass is 9.80. The molecule has 1 aliphatic carbocycles. The average molecular weight is 449 g/mol. The summed E-state index contributed by atoms with van der Waals surface area (Å²) in [6, 6.07) is 10.7. The molecule has 8 nitrogen and oxygen atoms in total. The van der Waals surface area contributed by atoms with Crippen LogP contribution in [0.5, 0.6) is 0 Å². The second-order valence-corrected chi connectivity index (χ2v) is 8.46. The van der Waals surface area contributed by atoms with Crippen molar-refractivity contribution in [2.24, 2.45) is 0 Å². The maximum Gasteiger partial charge on any atom is 0.264 e. The molecule has 1 aromatic carbocycles. The molecule has 0 unspecified atom stereocenters. The zero-order valence-corrected chi connectivity index (χ0v) is 18.5. The summed E-state index contributed by atoms with van der Waals surface area (Å²) < 4.78 is 5.52. The Kier molecular flexibility index (Phi) is 7.12. The van der Waals surface area contributed by atoms with E-state index in [1.807, 2.05) is 12.1 Å². The van der Waals surface area contributed by atoms with Gasteiger partial charge in [-0.15, -0.1) is 0 Å². The third kappa shape index (κ3) is 5.45. The minimum atomic E-state index is -0.904. The quantitative estimate of drug-likeness (QED) is 0.380. The maximum atomic E-state index is 13.1. The Bertz CT molecular complexity index is 1090.